The number of aromatic nitrogens is 1. The molecule has 1 N–H and O–H groups in total. The van der Waals surface area contributed by atoms with Crippen LogP contribution in [0, 0.1) is 13.8 Å². The molecule has 1 heterocycles. The van der Waals surface area contributed by atoms with Crippen LogP contribution in [0.15, 0.2) is 33.9 Å². The highest BCUT2D eigenvalue weighted by atomic mass is 32.2. The summed E-state index contributed by atoms with van der Waals surface area (Å²) in [6, 6.07) is 7.87. The van der Waals surface area contributed by atoms with Crippen molar-refractivity contribution in [2.75, 3.05) is 11.1 Å². The van der Waals surface area contributed by atoms with Gasteiger partial charge >= 0.3 is 0 Å². The van der Waals surface area contributed by atoms with E-state index in [-0.39, 0.29) is 11.7 Å². The molecular weight excluding hydrogens is 272 g/mol. The number of hydrogen-bond donors (Lipinski definition) is 1. The Morgan fingerprint density at radius 1 is 1.40 bits per heavy atom. The number of nitrogens with one attached hydrogen (secondary N) is 1. The molecule has 0 unspecified atom stereocenters. The van der Waals surface area contributed by atoms with Crippen molar-refractivity contribution in [1.29, 1.82) is 0 Å². The number of thioether (sulfide) groups is 1. The number of amides is 1. The second-order valence-electron chi connectivity index (χ2n) is 4.51. The molecule has 4 nitrogen and oxygen atoms in total. The highest BCUT2D eigenvalue weighted by Gasteiger charge is 2.09. The standard InChI is InChI=1S/C15H18N2O2S/c1-4-12-6-5-7-13(8-12)17-14(18)9-20-15-16-10(2)11(3)19-15/h5-8H,4,9H2,1-3H3,(H,17,18). The van der Waals surface area contributed by atoms with Gasteiger partial charge in [0.2, 0.25) is 5.91 Å². The molecule has 0 fully saturated rings. The number of aryl methyl sites for hydroxylation is 3. The Morgan fingerprint density at radius 3 is 2.85 bits per heavy atom. The first-order chi connectivity index (χ1) is 9.58. The van der Waals surface area contributed by atoms with Crippen LogP contribution in [0.25, 0.3) is 0 Å². The molecule has 0 bridgehead atoms. The molecule has 0 saturated heterocycles. The fourth-order valence-corrected chi connectivity index (χ4v) is 2.41. The normalized spacial score (nSPS) is 10.6. The van der Waals surface area contributed by atoms with E-state index in [1.807, 2.05) is 38.1 Å². The molecule has 2 rings (SSSR count). The summed E-state index contributed by atoms with van der Waals surface area (Å²) in [5.74, 6) is 1.02. The molecule has 1 amide bonds. The van der Waals surface area contributed by atoms with Crippen molar-refractivity contribution >= 4 is 23.4 Å². The lowest BCUT2D eigenvalue weighted by Gasteiger charge is -2.05. The van der Waals surface area contributed by atoms with E-state index in [9.17, 15) is 4.79 Å². The molecule has 0 radical (unpaired) electrons. The molecule has 0 atom stereocenters. The lowest BCUT2D eigenvalue weighted by atomic mass is 10.1. The molecule has 0 aliphatic heterocycles. The second kappa shape index (κ2) is 6.61. The van der Waals surface area contributed by atoms with Crippen molar-refractivity contribution in [2.45, 2.75) is 32.4 Å². The number of benzene rings is 1. The molecule has 106 valence electrons. The van der Waals surface area contributed by atoms with Gasteiger partial charge in [-0.1, -0.05) is 30.8 Å². The molecule has 5 heteroatoms. The Bertz CT molecular complexity index is 588. The topological polar surface area (TPSA) is 55.1 Å². The van der Waals surface area contributed by atoms with Gasteiger partial charge in [0.1, 0.15) is 5.76 Å². The minimum atomic E-state index is -0.0586. The third-order valence-electron chi connectivity index (χ3n) is 2.95. The lowest BCUT2D eigenvalue weighted by molar-refractivity contribution is -0.113. The van der Waals surface area contributed by atoms with Gasteiger partial charge in [0.15, 0.2) is 0 Å². The van der Waals surface area contributed by atoms with Gasteiger partial charge in [0.25, 0.3) is 5.22 Å². The molecule has 1 aromatic carbocycles. The van der Waals surface area contributed by atoms with Crippen molar-refractivity contribution < 1.29 is 9.21 Å². The Labute approximate surface area is 123 Å². The van der Waals surface area contributed by atoms with Crippen LogP contribution in [0.5, 0.6) is 0 Å². The third-order valence-corrected chi connectivity index (χ3v) is 3.78. The van der Waals surface area contributed by atoms with Crippen molar-refractivity contribution in [3.63, 3.8) is 0 Å². The maximum absolute atomic E-state index is 11.9. The summed E-state index contributed by atoms with van der Waals surface area (Å²) in [7, 11) is 0. The van der Waals surface area contributed by atoms with Gasteiger partial charge in [-0.25, -0.2) is 4.98 Å². The average Bonchev–Trinajstić information content (AvgIpc) is 2.76. The zero-order chi connectivity index (χ0) is 14.5. The monoisotopic (exact) mass is 290 g/mol. The summed E-state index contributed by atoms with van der Waals surface area (Å²) in [6.07, 6.45) is 0.952. The average molecular weight is 290 g/mol. The summed E-state index contributed by atoms with van der Waals surface area (Å²) >= 11 is 1.30. The zero-order valence-corrected chi connectivity index (χ0v) is 12.7. The molecule has 0 spiro atoms. The van der Waals surface area contributed by atoms with E-state index in [2.05, 4.69) is 17.2 Å². The molecule has 1 aromatic heterocycles. The summed E-state index contributed by atoms with van der Waals surface area (Å²) in [5.41, 5.74) is 2.90. The van der Waals surface area contributed by atoms with E-state index in [0.717, 1.165) is 23.6 Å². The van der Waals surface area contributed by atoms with Gasteiger partial charge < -0.3 is 9.73 Å². The predicted octanol–water partition coefficient (Wildman–Crippen LogP) is 3.58. The van der Waals surface area contributed by atoms with Crippen molar-refractivity contribution in [3.05, 3.63) is 41.3 Å². The van der Waals surface area contributed by atoms with E-state index in [4.69, 9.17) is 4.42 Å². The number of nitrogens with zero attached hydrogens (tertiary/aromatic N) is 1. The molecule has 0 saturated carbocycles. The SMILES string of the molecule is CCc1cccc(NC(=O)CSc2nc(C)c(C)o2)c1. The zero-order valence-electron chi connectivity index (χ0n) is 11.9. The quantitative estimate of drug-likeness (QED) is 0.855. The van der Waals surface area contributed by atoms with Crippen molar-refractivity contribution in [1.82, 2.24) is 4.98 Å². The minimum Gasteiger partial charge on any atom is -0.437 e. The molecule has 20 heavy (non-hydrogen) atoms. The Balaban J connectivity index is 1.89. The Morgan fingerprint density at radius 2 is 2.20 bits per heavy atom. The van der Waals surface area contributed by atoms with Crippen LogP contribution in [-0.2, 0) is 11.2 Å². The van der Waals surface area contributed by atoms with E-state index in [1.165, 1.54) is 17.3 Å². The molecular formula is C15H18N2O2S. The van der Waals surface area contributed by atoms with Crippen LogP contribution in [-0.4, -0.2) is 16.6 Å². The van der Waals surface area contributed by atoms with E-state index >= 15 is 0 Å². The van der Waals surface area contributed by atoms with E-state index < -0.39 is 0 Å². The van der Waals surface area contributed by atoms with Crippen LogP contribution in [0.4, 0.5) is 5.69 Å². The number of anilines is 1. The second-order valence-corrected chi connectivity index (χ2v) is 5.44. The fraction of sp³-hybridized carbons (Fsp3) is 0.333. The first-order valence-electron chi connectivity index (χ1n) is 6.54. The Kier molecular flexibility index (Phi) is 4.84. The van der Waals surface area contributed by atoms with E-state index in [0.29, 0.717) is 5.22 Å². The number of hydrogen-bond acceptors (Lipinski definition) is 4. The van der Waals surface area contributed by atoms with Crippen LogP contribution in [0.2, 0.25) is 0 Å². The maximum Gasteiger partial charge on any atom is 0.256 e. The third kappa shape index (κ3) is 3.87. The van der Waals surface area contributed by atoms with Gasteiger partial charge in [0.05, 0.1) is 11.4 Å². The van der Waals surface area contributed by atoms with Gasteiger partial charge in [-0.3, -0.25) is 4.79 Å². The predicted molar refractivity (Wildman–Crippen MR) is 81.2 cm³/mol. The van der Waals surface area contributed by atoms with Crippen molar-refractivity contribution in [3.8, 4) is 0 Å². The highest BCUT2D eigenvalue weighted by Crippen LogP contribution is 2.20. The smallest absolute Gasteiger partial charge is 0.256 e. The van der Waals surface area contributed by atoms with Gasteiger partial charge in [0, 0.05) is 5.69 Å². The fourth-order valence-electron chi connectivity index (χ4n) is 1.70. The van der Waals surface area contributed by atoms with E-state index in [1.54, 1.807) is 0 Å². The number of carbonyl (C=O) groups excluding carboxylic acids is 1. The lowest BCUT2D eigenvalue weighted by Crippen LogP contribution is -2.14. The van der Waals surface area contributed by atoms with Gasteiger partial charge in [-0.2, -0.15) is 0 Å². The summed E-state index contributed by atoms with van der Waals surface area (Å²) < 4.78 is 5.42. The first kappa shape index (κ1) is 14.7. The molecule has 2 aromatic rings. The molecule has 0 aliphatic rings. The highest BCUT2D eigenvalue weighted by molar-refractivity contribution is 7.99. The van der Waals surface area contributed by atoms with Gasteiger partial charge in [-0.15, -0.1) is 0 Å². The molecule has 0 aliphatic carbocycles. The summed E-state index contributed by atoms with van der Waals surface area (Å²) in [6.45, 7) is 5.84. The Hall–Kier alpha value is -1.75. The van der Waals surface area contributed by atoms with Crippen LogP contribution >= 0.6 is 11.8 Å². The van der Waals surface area contributed by atoms with Crippen LogP contribution in [0.1, 0.15) is 23.9 Å². The maximum atomic E-state index is 11.9. The summed E-state index contributed by atoms with van der Waals surface area (Å²) in [4.78, 5) is 16.1. The summed E-state index contributed by atoms with van der Waals surface area (Å²) in [5, 5.41) is 3.42. The largest absolute Gasteiger partial charge is 0.437 e. The number of oxazole rings is 1. The number of rotatable bonds is 5. The first-order valence-corrected chi connectivity index (χ1v) is 7.52. The minimum absolute atomic E-state index is 0.0586. The number of carbonyl (C=O) groups is 1. The van der Waals surface area contributed by atoms with Crippen molar-refractivity contribution in [2.24, 2.45) is 0 Å². The van der Waals surface area contributed by atoms with Crippen LogP contribution in [0.3, 0.4) is 0 Å². The van der Waals surface area contributed by atoms with Crippen LogP contribution < -0.4 is 5.32 Å². The van der Waals surface area contributed by atoms with Gasteiger partial charge in [-0.05, 0) is 38.0 Å².